The van der Waals surface area contributed by atoms with Crippen LogP contribution in [0.3, 0.4) is 0 Å². The summed E-state index contributed by atoms with van der Waals surface area (Å²) in [7, 11) is 0. The van der Waals surface area contributed by atoms with Gasteiger partial charge in [0.1, 0.15) is 0 Å². The Balaban J connectivity index is 1.78. The van der Waals surface area contributed by atoms with Crippen molar-refractivity contribution in [3.05, 3.63) is 47.5 Å². The van der Waals surface area contributed by atoms with Crippen molar-refractivity contribution < 1.29 is 9.53 Å². The molecule has 0 radical (unpaired) electrons. The fourth-order valence-corrected chi connectivity index (χ4v) is 2.42. The zero-order chi connectivity index (χ0) is 15.1. The van der Waals surface area contributed by atoms with Gasteiger partial charge in [-0.2, -0.15) is 0 Å². The van der Waals surface area contributed by atoms with Crippen LogP contribution in [0.5, 0.6) is 0 Å². The second-order valence-electron chi connectivity index (χ2n) is 5.68. The first kappa shape index (κ1) is 15.7. The van der Waals surface area contributed by atoms with Crippen LogP contribution in [-0.4, -0.2) is 43.2 Å². The normalized spacial score (nSPS) is 19.0. The van der Waals surface area contributed by atoms with Gasteiger partial charge in [0.15, 0.2) is 0 Å². The predicted molar refractivity (Wildman–Crippen MR) is 83.9 cm³/mol. The maximum Gasteiger partial charge on any atom is 0.244 e. The molecule has 0 bridgehead atoms. The molecule has 21 heavy (non-hydrogen) atoms. The highest BCUT2D eigenvalue weighted by molar-refractivity contribution is 5.88. The van der Waals surface area contributed by atoms with Crippen LogP contribution >= 0.6 is 0 Å². The summed E-state index contributed by atoms with van der Waals surface area (Å²) in [5, 5.41) is 2.90. The molecule has 4 heteroatoms. The molecule has 1 aliphatic rings. The zero-order valence-electron chi connectivity index (χ0n) is 12.8. The highest BCUT2D eigenvalue weighted by atomic mass is 16.5. The molecule has 0 aromatic heterocycles. The number of nitrogens with one attached hydrogen (secondary N) is 1. The molecule has 0 aliphatic carbocycles. The van der Waals surface area contributed by atoms with E-state index in [9.17, 15) is 4.79 Å². The van der Waals surface area contributed by atoms with E-state index in [1.165, 1.54) is 5.56 Å². The molecule has 1 heterocycles. The number of allylic oxidation sites excluding steroid dienone is 1. The first-order valence-electron chi connectivity index (χ1n) is 7.44. The predicted octanol–water partition coefficient (Wildman–Crippen LogP) is 1.97. The third-order valence-corrected chi connectivity index (χ3v) is 3.40. The van der Waals surface area contributed by atoms with Crippen LogP contribution in [0.2, 0.25) is 0 Å². The Bertz CT molecular complexity index is 481. The molecule has 0 spiro atoms. The fourth-order valence-electron chi connectivity index (χ4n) is 2.42. The molecule has 1 atom stereocenters. The van der Waals surface area contributed by atoms with Gasteiger partial charge >= 0.3 is 0 Å². The molecular formula is C17H24N2O2. The number of hydrogen-bond acceptors (Lipinski definition) is 3. The molecule has 1 unspecified atom stereocenters. The van der Waals surface area contributed by atoms with Crippen molar-refractivity contribution in [1.29, 1.82) is 0 Å². The van der Waals surface area contributed by atoms with E-state index in [1.54, 1.807) is 6.08 Å². The second kappa shape index (κ2) is 7.96. The molecule has 1 fully saturated rings. The van der Waals surface area contributed by atoms with Crippen molar-refractivity contribution >= 4 is 5.91 Å². The fraction of sp³-hybridized carbons (Fsp3) is 0.471. The Morgan fingerprint density at radius 3 is 2.86 bits per heavy atom. The summed E-state index contributed by atoms with van der Waals surface area (Å²) in [5.74, 6) is -0.0428. The smallest absolute Gasteiger partial charge is 0.244 e. The van der Waals surface area contributed by atoms with Crippen LogP contribution in [0.15, 0.2) is 42.0 Å². The van der Waals surface area contributed by atoms with Crippen molar-refractivity contribution in [2.75, 3.05) is 26.2 Å². The Hall–Kier alpha value is -1.65. The van der Waals surface area contributed by atoms with Gasteiger partial charge in [-0.05, 0) is 19.4 Å². The molecular weight excluding hydrogens is 264 g/mol. The number of carbonyl (C=O) groups is 1. The lowest BCUT2D eigenvalue weighted by molar-refractivity contribution is -0.117. The van der Waals surface area contributed by atoms with Crippen molar-refractivity contribution in [3.63, 3.8) is 0 Å². The van der Waals surface area contributed by atoms with Crippen LogP contribution in [-0.2, 0) is 16.1 Å². The highest BCUT2D eigenvalue weighted by Gasteiger charge is 2.20. The number of carbonyl (C=O) groups excluding carboxylic acids is 1. The first-order valence-corrected chi connectivity index (χ1v) is 7.44. The number of morpholine rings is 1. The quantitative estimate of drug-likeness (QED) is 0.842. The largest absolute Gasteiger partial charge is 0.374 e. The molecule has 4 nitrogen and oxygen atoms in total. The van der Waals surface area contributed by atoms with Crippen LogP contribution in [0.4, 0.5) is 0 Å². The van der Waals surface area contributed by atoms with Gasteiger partial charge in [0.25, 0.3) is 0 Å². The third kappa shape index (κ3) is 5.69. The summed E-state index contributed by atoms with van der Waals surface area (Å²) in [4.78, 5) is 14.0. The zero-order valence-corrected chi connectivity index (χ0v) is 12.8. The van der Waals surface area contributed by atoms with E-state index in [0.29, 0.717) is 6.54 Å². The SMILES string of the molecule is CC(C)=CC(=O)NCC1CN(Cc2ccccc2)CCO1. The minimum Gasteiger partial charge on any atom is -0.374 e. The number of amides is 1. The number of benzene rings is 1. The molecule has 1 N–H and O–H groups in total. The van der Waals surface area contributed by atoms with Crippen molar-refractivity contribution in [1.82, 2.24) is 10.2 Å². The van der Waals surface area contributed by atoms with Gasteiger partial charge in [-0.25, -0.2) is 0 Å². The molecule has 1 amide bonds. The lowest BCUT2D eigenvalue weighted by Gasteiger charge is -2.33. The van der Waals surface area contributed by atoms with Gasteiger partial charge in [0.2, 0.25) is 5.91 Å². The van der Waals surface area contributed by atoms with E-state index < -0.39 is 0 Å². The monoisotopic (exact) mass is 288 g/mol. The van der Waals surface area contributed by atoms with E-state index in [2.05, 4.69) is 34.5 Å². The van der Waals surface area contributed by atoms with Gasteiger partial charge in [0, 0.05) is 32.3 Å². The van der Waals surface area contributed by atoms with Gasteiger partial charge < -0.3 is 10.1 Å². The number of hydrogen-bond donors (Lipinski definition) is 1. The molecule has 1 aliphatic heterocycles. The Morgan fingerprint density at radius 1 is 1.38 bits per heavy atom. The summed E-state index contributed by atoms with van der Waals surface area (Å²) in [6.07, 6.45) is 1.68. The molecule has 1 aromatic carbocycles. The van der Waals surface area contributed by atoms with Crippen molar-refractivity contribution in [3.8, 4) is 0 Å². The summed E-state index contributed by atoms with van der Waals surface area (Å²) < 4.78 is 5.72. The van der Waals surface area contributed by atoms with Crippen molar-refractivity contribution in [2.45, 2.75) is 26.5 Å². The standard InChI is InChI=1S/C17H24N2O2/c1-14(2)10-17(20)18-11-16-13-19(8-9-21-16)12-15-6-4-3-5-7-15/h3-7,10,16H,8-9,11-13H2,1-2H3,(H,18,20). The topological polar surface area (TPSA) is 41.6 Å². The van der Waals surface area contributed by atoms with E-state index >= 15 is 0 Å². The molecule has 0 saturated carbocycles. The van der Waals surface area contributed by atoms with Crippen molar-refractivity contribution in [2.24, 2.45) is 0 Å². The molecule has 2 rings (SSSR count). The van der Waals surface area contributed by atoms with E-state index in [1.807, 2.05) is 19.9 Å². The molecule has 114 valence electrons. The molecule has 1 aromatic rings. The highest BCUT2D eigenvalue weighted by Crippen LogP contribution is 2.10. The lowest BCUT2D eigenvalue weighted by Crippen LogP contribution is -2.47. The van der Waals surface area contributed by atoms with Gasteiger partial charge in [-0.1, -0.05) is 35.9 Å². The average molecular weight is 288 g/mol. The molecule has 1 saturated heterocycles. The van der Waals surface area contributed by atoms with Gasteiger partial charge in [0.05, 0.1) is 12.7 Å². The Morgan fingerprint density at radius 2 is 2.14 bits per heavy atom. The second-order valence-corrected chi connectivity index (χ2v) is 5.68. The summed E-state index contributed by atoms with van der Waals surface area (Å²) in [6, 6.07) is 10.4. The maximum atomic E-state index is 11.6. The lowest BCUT2D eigenvalue weighted by atomic mass is 10.2. The summed E-state index contributed by atoms with van der Waals surface area (Å²) >= 11 is 0. The van der Waals surface area contributed by atoms with E-state index in [0.717, 1.165) is 31.8 Å². The Labute approximate surface area is 126 Å². The Kier molecular flexibility index (Phi) is 5.96. The third-order valence-electron chi connectivity index (χ3n) is 3.40. The average Bonchev–Trinajstić information content (AvgIpc) is 2.46. The van der Waals surface area contributed by atoms with Gasteiger partial charge in [-0.15, -0.1) is 0 Å². The number of rotatable bonds is 5. The van der Waals surface area contributed by atoms with E-state index in [4.69, 9.17) is 4.74 Å². The van der Waals surface area contributed by atoms with Crippen LogP contribution in [0.1, 0.15) is 19.4 Å². The first-order chi connectivity index (χ1) is 10.1. The summed E-state index contributed by atoms with van der Waals surface area (Å²) in [5.41, 5.74) is 2.31. The van der Waals surface area contributed by atoms with Crippen LogP contribution in [0, 0.1) is 0 Å². The number of ether oxygens (including phenoxy) is 1. The maximum absolute atomic E-state index is 11.6. The van der Waals surface area contributed by atoms with E-state index in [-0.39, 0.29) is 12.0 Å². The van der Waals surface area contributed by atoms with Crippen LogP contribution < -0.4 is 5.32 Å². The summed E-state index contributed by atoms with van der Waals surface area (Å²) in [6.45, 7) is 7.83. The minimum atomic E-state index is -0.0428. The minimum absolute atomic E-state index is 0.0428. The van der Waals surface area contributed by atoms with Crippen LogP contribution in [0.25, 0.3) is 0 Å². The van der Waals surface area contributed by atoms with Gasteiger partial charge in [-0.3, -0.25) is 9.69 Å². The number of nitrogens with zero attached hydrogens (tertiary/aromatic N) is 1.